The molecule has 0 bridgehead atoms. The van der Waals surface area contributed by atoms with Gasteiger partial charge in [0.05, 0.1) is 18.1 Å². The Morgan fingerprint density at radius 2 is 2.50 bits per heavy atom. The van der Waals surface area contributed by atoms with E-state index < -0.39 is 0 Å². The summed E-state index contributed by atoms with van der Waals surface area (Å²) in [5.41, 5.74) is 1.12. The lowest BCUT2D eigenvalue weighted by Crippen LogP contribution is -2.21. The van der Waals surface area contributed by atoms with E-state index >= 15 is 0 Å². The predicted molar refractivity (Wildman–Crippen MR) is 43.3 cm³/mol. The molecule has 0 spiro atoms. The van der Waals surface area contributed by atoms with Gasteiger partial charge in [0.2, 0.25) is 0 Å². The lowest BCUT2D eigenvalue weighted by atomic mass is 10.4. The molecule has 54 valence electrons. The molecule has 0 aromatic carbocycles. The Kier molecular flexibility index (Phi) is 1.45. The van der Waals surface area contributed by atoms with E-state index in [0.29, 0.717) is 0 Å². The lowest BCUT2D eigenvalue weighted by molar-refractivity contribution is 0.592. The quantitative estimate of drug-likeness (QED) is 0.609. The highest BCUT2D eigenvalue weighted by molar-refractivity contribution is 8.00. The Morgan fingerprint density at radius 3 is 2.90 bits per heavy atom. The largest absolute Gasteiger partial charge is 0.332 e. The molecule has 3 heteroatoms. The van der Waals surface area contributed by atoms with Gasteiger partial charge in [-0.05, 0) is 6.92 Å². The maximum Gasteiger partial charge on any atom is 0.0952 e. The van der Waals surface area contributed by atoms with Crippen LogP contribution in [-0.4, -0.2) is 21.1 Å². The van der Waals surface area contributed by atoms with Crippen molar-refractivity contribution in [2.75, 3.05) is 11.5 Å². The fourth-order valence-corrected chi connectivity index (χ4v) is 1.83. The molecule has 1 aromatic rings. The first-order valence-electron chi connectivity index (χ1n) is 3.44. The van der Waals surface area contributed by atoms with Crippen molar-refractivity contribution in [1.29, 1.82) is 0 Å². The third-order valence-corrected chi connectivity index (χ3v) is 3.01. The monoisotopic (exact) mass is 154 g/mol. The molecule has 0 radical (unpaired) electrons. The molecule has 0 aliphatic carbocycles. The van der Waals surface area contributed by atoms with E-state index in [1.807, 2.05) is 25.0 Å². The normalized spacial score (nSPS) is 18.9. The van der Waals surface area contributed by atoms with Gasteiger partial charge in [0.15, 0.2) is 0 Å². The molecule has 1 saturated heterocycles. The van der Waals surface area contributed by atoms with Crippen LogP contribution < -0.4 is 0 Å². The van der Waals surface area contributed by atoms with Crippen LogP contribution in [0.25, 0.3) is 0 Å². The van der Waals surface area contributed by atoms with Crippen LogP contribution in [0.2, 0.25) is 0 Å². The number of thioether (sulfide) groups is 1. The number of imidazole rings is 1. The van der Waals surface area contributed by atoms with Gasteiger partial charge >= 0.3 is 0 Å². The second-order valence-corrected chi connectivity index (χ2v) is 3.73. The Hall–Kier alpha value is -0.440. The van der Waals surface area contributed by atoms with Crippen molar-refractivity contribution in [2.45, 2.75) is 13.0 Å². The van der Waals surface area contributed by atoms with Crippen LogP contribution in [0.1, 0.15) is 11.7 Å². The summed E-state index contributed by atoms with van der Waals surface area (Å²) in [5, 5.41) is 0. The maximum atomic E-state index is 4.17. The minimum atomic E-state index is 0.728. The van der Waals surface area contributed by atoms with Gasteiger partial charge in [-0.3, -0.25) is 0 Å². The zero-order valence-electron chi connectivity index (χ0n) is 5.95. The first kappa shape index (κ1) is 6.28. The van der Waals surface area contributed by atoms with Gasteiger partial charge < -0.3 is 4.57 Å². The molecule has 10 heavy (non-hydrogen) atoms. The van der Waals surface area contributed by atoms with Crippen molar-refractivity contribution in [1.82, 2.24) is 9.55 Å². The second kappa shape index (κ2) is 2.31. The summed E-state index contributed by atoms with van der Waals surface area (Å²) in [6.45, 7) is 2.03. The SMILES string of the molecule is Cc1cn(C2CSC2)cn1. The van der Waals surface area contributed by atoms with E-state index in [2.05, 4.69) is 15.7 Å². The van der Waals surface area contributed by atoms with Gasteiger partial charge in [-0.1, -0.05) is 0 Å². The zero-order chi connectivity index (χ0) is 6.97. The third kappa shape index (κ3) is 0.944. The van der Waals surface area contributed by atoms with E-state index in [9.17, 15) is 0 Å². The fraction of sp³-hybridized carbons (Fsp3) is 0.571. The van der Waals surface area contributed by atoms with E-state index in [0.717, 1.165) is 11.7 Å². The number of rotatable bonds is 1. The van der Waals surface area contributed by atoms with Crippen molar-refractivity contribution < 1.29 is 0 Å². The summed E-state index contributed by atoms with van der Waals surface area (Å²) in [4.78, 5) is 4.17. The number of aryl methyl sites for hydroxylation is 1. The minimum Gasteiger partial charge on any atom is -0.332 e. The van der Waals surface area contributed by atoms with Gasteiger partial charge in [0, 0.05) is 17.7 Å². The van der Waals surface area contributed by atoms with Crippen molar-refractivity contribution in [2.24, 2.45) is 0 Å². The number of nitrogens with zero attached hydrogens (tertiary/aromatic N) is 2. The van der Waals surface area contributed by atoms with Crippen LogP contribution in [0, 0.1) is 6.92 Å². The van der Waals surface area contributed by atoms with Crippen molar-refractivity contribution in [3.05, 3.63) is 18.2 Å². The molecule has 0 N–H and O–H groups in total. The van der Waals surface area contributed by atoms with Crippen molar-refractivity contribution >= 4 is 11.8 Å². The highest BCUT2D eigenvalue weighted by Gasteiger charge is 2.19. The van der Waals surface area contributed by atoms with Gasteiger partial charge in [0.1, 0.15) is 0 Å². The Bertz CT molecular complexity index is 227. The fourth-order valence-electron chi connectivity index (χ4n) is 1.04. The molecule has 1 aliphatic rings. The highest BCUT2D eigenvalue weighted by Crippen LogP contribution is 2.28. The maximum absolute atomic E-state index is 4.17. The van der Waals surface area contributed by atoms with Crippen molar-refractivity contribution in [3.8, 4) is 0 Å². The first-order valence-corrected chi connectivity index (χ1v) is 4.59. The molecule has 2 heterocycles. The smallest absolute Gasteiger partial charge is 0.0952 e. The topological polar surface area (TPSA) is 17.8 Å². The van der Waals surface area contributed by atoms with Crippen LogP contribution in [0.5, 0.6) is 0 Å². The Labute approximate surface area is 64.6 Å². The molecule has 1 fully saturated rings. The Morgan fingerprint density at radius 1 is 1.70 bits per heavy atom. The number of hydrogen-bond acceptors (Lipinski definition) is 2. The van der Waals surface area contributed by atoms with Crippen LogP contribution >= 0.6 is 11.8 Å². The van der Waals surface area contributed by atoms with E-state index in [1.165, 1.54) is 11.5 Å². The van der Waals surface area contributed by atoms with Crippen LogP contribution in [0.4, 0.5) is 0 Å². The molecule has 2 nitrogen and oxygen atoms in total. The zero-order valence-corrected chi connectivity index (χ0v) is 6.77. The molecule has 0 unspecified atom stereocenters. The van der Waals surface area contributed by atoms with Gasteiger partial charge in [-0.25, -0.2) is 4.98 Å². The first-order chi connectivity index (χ1) is 4.86. The summed E-state index contributed by atoms with van der Waals surface area (Å²) in [5.74, 6) is 2.52. The number of aromatic nitrogens is 2. The van der Waals surface area contributed by atoms with Crippen LogP contribution in [0.15, 0.2) is 12.5 Å². The molecule has 0 atom stereocenters. The average molecular weight is 154 g/mol. The second-order valence-electron chi connectivity index (χ2n) is 2.65. The molecule has 0 saturated carbocycles. The van der Waals surface area contributed by atoms with Gasteiger partial charge in [-0.15, -0.1) is 0 Å². The average Bonchev–Trinajstić information content (AvgIpc) is 2.10. The molecule has 1 aliphatic heterocycles. The molecule has 1 aromatic heterocycles. The highest BCUT2D eigenvalue weighted by atomic mass is 32.2. The molecular weight excluding hydrogens is 144 g/mol. The van der Waals surface area contributed by atoms with Crippen molar-refractivity contribution in [3.63, 3.8) is 0 Å². The summed E-state index contributed by atoms with van der Waals surface area (Å²) < 4.78 is 2.21. The van der Waals surface area contributed by atoms with E-state index in [-0.39, 0.29) is 0 Å². The standard InChI is InChI=1S/C7H10N2S/c1-6-2-9(5-8-6)7-3-10-4-7/h2,5,7H,3-4H2,1H3. The summed E-state index contributed by atoms with van der Waals surface area (Å²) >= 11 is 2.00. The summed E-state index contributed by atoms with van der Waals surface area (Å²) in [6.07, 6.45) is 4.05. The summed E-state index contributed by atoms with van der Waals surface area (Å²) in [6, 6.07) is 0.728. The summed E-state index contributed by atoms with van der Waals surface area (Å²) in [7, 11) is 0. The van der Waals surface area contributed by atoms with E-state index in [4.69, 9.17) is 0 Å². The number of hydrogen-bond donors (Lipinski definition) is 0. The van der Waals surface area contributed by atoms with Crippen LogP contribution in [0.3, 0.4) is 0 Å². The van der Waals surface area contributed by atoms with Gasteiger partial charge in [0.25, 0.3) is 0 Å². The minimum absolute atomic E-state index is 0.728. The Balaban J connectivity index is 2.17. The third-order valence-electron chi connectivity index (χ3n) is 1.77. The predicted octanol–water partition coefficient (Wildman–Crippen LogP) is 1.48. The molecule has 0 amide bonds. The molecular formula is C7H10N2S. The lowest BCUT2D eigenvalue weighted by Gasteiger charge is -2.25. The molecule has 2 rings (SSSR count). The van der Waals surface area contributed by atoms with E-state index in [1.54, 1.807) is 0 Å². The van der Waals surface area contributed by atoms with Crippen LogP contribution in [-0.2, 0) is 0 Å². The van der Waals surface area contributed by atoms with Gasteiger partial charge in [-0.2, -0.15) is 11.8 Å².